The number of para-hydroxylation sites is 1. The number of benzene rings is 1. The van der Waals surface area contributed by atoms with Gasteiger partial charge in [-0.15, -0.1) is 0 Å². The van der Waals surface area contributed by atoms with E-state index in [0.29, 0.717) is 51.5 Å². The molecule has 0 atom stereocenters. The van der Waals surface area contributed by atoms with Gasteiger partial charge in [0, 0.05) is 32.7 Å². The smallest absolute Gasteiger partial charge is 0.327 e. The first kappa shape index (κ1) is 15.2. The number of hydrogen-bond acceptors (Lipinski definition) is 6. The molecule has 0 saturated carbocycles. The van der Waals surface area contributed by atoms with Gasteiger partial charge in [0.05, 0.1) is 4.92 Å². The fourth-order valence-electron chi connectivity index (χ4n) is 2.38. The fraction of sp³-hybridized carbons (Fsp3) is 0.462. The number of piperazine rings is 1. The van der Waals surface area contributed by atoms with Gasteiger partial charge in [-0.2, -0.15) is 4.39 Å². The summed E-state index contributed by atoms with van der Waals surface area (Å²) in [5, 5.41) is 11.0. The summed E-state index contributed by atoms with van der Waals surface area (Å²) in [4.78, 5) is 24.3. The van der Waals surface area contributed by atoms with Crippen LogP contribution in [-0.4, -0.2) is 55.6 Å². The second kappa shape index (κ2) is 6.98. The topological polar surface area (TPSA) is 75.9 Å². The van der Waals surface area contributed by atoms with Crippen molar-refractivity contribution in [3.8, 4) is 0 Å². The van der Waals surface area contributed by atoms with E-state index in [1.165, 1.54) is 6.07 Å². The van der Waals surface area contributed by atoms with E-state index in [1.807, 2.05) is 0 Å². The van der Waals surface area contributed by atoms with Crippen LogP contribution in [0, 0.1) is 15.9 Å². The van der Waals surface area contributed by atoms with Gasteiger partial charge in [-0.05, 0) is 12.1 Å². The maximum absolute atomic E-state index is 13.6. The summed E-state index contributed by atoms with van der Waals surface area (Å²) >= 11 is 0. The molecule has 0 unspecified atom stereocenters. The van der Waals surface area contributed by atoms with Gasteiger partial charge in [0.25, 0.3) is 6.47 Å². The molecule has 7 nitrogen and oxygen atoms in total. The Hall–Kier alpha value is -2.22. The maximum Gasteiger partial charge on any atom is 0.327 e. The van der Waals surface area contributed by atoms with Gasteiger partial charge in [-0.1, -0.05) is 6.07 Å². The van der Waals surface area contributed by atoms with Crippen LogP contribution in [0.3, 0.4) is 0 Å². The van der Waals surface area contributed by atoms with Gasteiger partial charge in [0.1, 0.15) is 12.3 Å². The Morgan fingerprint density at radius 2 is 2.05 bits per heavy atom. The average Bonchev–Trinajstić information content (AvgIpc) is 2.47. The number of rotatable bonds is 6. The third-order valence-corrected chi connectivity index (χ3v) is 3.45. The average molecular weight is 297 g/mol. The highest BCUT2D eigenvalue weighted by Gasteiger charge is 2.26. The third-order valence-electron chi connectivity index (χ3n) is 3.45. The summed E-state index contributed by atoms with van der Waals surface area (Å²) in [6, 6.07) is 4.13. The molecule has 1 heterocycles. The van der Waals surface area contributed by atoms with Crippen LogP contribution in [0.25, 0.3) is 0 Å². The van der Waals surface area contributed by atoms with Crippen molar-refractivity contribution in [3.63, 3.8) is 0 Å². The molecule has 0 aromatic heterocycles. The summed E-state index contributed by atoms with van der Waals surface area (Å²) < 4.78 is 18.2. The molecule has 0 bridgehead atoms. The molecule has 0 spiro atoms. The number of nitrogens with zero attached hydrogens (tertiary/aromatic N) is 3. The zero-order chi connectivity index (χ0) is 15.2. The van der Waals surface area contributed by atoms with Crippen molar-refractivity contribution in [2.75, 3.05) is 44.2 Å². The minimum Gasteiger partial charge on any atom is -0.467 e. The molecular formula is C13H16FN3O4. The fourth-order valence-corrected chi connectivity index (χ4v) is 2.38. The monoisotopic (exact) mass is 297 g/mol. The van der Waals surface area contributed by atoms with Crippen LogP contribution in [-0.2, 0) is 9.53 Å². The molecule has 2 rings (SSSR count). The Bertz CT molecular complexity index is 518. The number of anilines is 1. The van der Waals surface area contributed by atoms with Crippen LogP contribution in [0.15, 0.2) is 18.2 Å². The van der Waals surface area contributed by atoms with Crippen molar-refractivity contribution in [3.05, 3.63) is 34.1 Å². The van der Waals surface area contributed by atoms with Crippen molar-refractivity contribution in [1.82, 2.24) is 4.90 Å². The lowest BCUT2D eigenvalue weighted by Gasteiger charge is -2.35. The van der Waals surface area contributed by atoms with E-state index in [0.717, 1.165) is 6.07 Å². The molecule has 0 amide bonds. The number of ether oxygens (including phenoxy) is 1. The van der Waals surface area contributed by atoms with Gasteiger partial charge in [-0.3, -0.25) is 19.8 Å². The SMILES string of the molecule is O=COCCN1CCN(c2cccc(F)c2[N+](=O)[O-])CC1. The molecule has 0 radical (unpaired) electrons. The molecule has 0 N–H and O–H groups in total. The summed E-state index contributed by atoms with van der Waals surface area (Å²) in [5.74, 6) is -0.820. The third kappa shape index (κ3) is 3.66. The summed E-state index contributed by atoms with van der Waals surface area (Å²) in [6.07, 6.45) is 0. The lowest BCUT2D eigenvalue weighted by atomic mass is 10.2. The number of halogens is 1. The predicted octanol–water partition coefficient (Wildman–Crippen LogP) is 1.03. The first-order valence-corrected chi connectivity index (χ1v) is 6.59. The van der Waals surface area contributed by atoms with Crippen LogP contribution < -0.4 is 4.90 Å². The maximum atomic E-state index is 13.6. The summed E-state index contributed by atoms with van der Waals surface area (Å²) in [6.45, 7) is 3.83. The molecule has 114 valence electrons. The van der Waals surface area contributed by atoms with Crippen molar-refractivity contribution >= 4 is 17.8 Å². The molecule has 1 aromatic carbocycles. The van der Waals surface area contributed by atoms with Gasteiger partial charge >= 0.3 is 5.69 Å². The molecule has 21 heavy (non-hydrogen) atoms. The summed E-state index contributed by atoms with van der Waals surface area (Å²) in [7, 11) is 0. The number of carbonyl (C=O) groups is 1. The van der Waals surface area contributed by atoms with Gasteiger partial charge in [0.15, 0.2) is 0 Å². The Morgan fingerprint density at radius 3 is 2.67 bits per heavy atom. The molecule has 1 saturated heterocycles. The van der Waals surface area contributed by atoms with Gasteiger partial charge in [-0.25, -0.2) is 0 Å². The van der Waals surface area contributed by atoms with Crippen molar-refractivity contribution in [1.29, 1.82) is 0 Å². The minimum atomic E-state index is -0.820. The molecule has 1 aliphatic rings. The standard InChI is InChI=1S/C13H16FN3O4/c14-11-2-1-3-12(13(11)17(19)20)16-6-4-15(5-7-16)8-9-21-10-18/h1-3,10H,4-9H2. The van der Waals surface area contributed by atoms with E-state index >= 15 is 0 Å². The van der Waals surface area contributed by atoms with Crippen LogP contribution in [0.2, 0.25) is 0 Å². The van der Waals surface area contributed by atoms with E-state index in [9.17, 15) is 19.3 Å². The zero-order valence-corrected chi connectivity index (χ0v) is 11.4. The van der Waals surface area contributed by atoms with Crippen LogP contribution in [0.5, 0.6) is 0 Å². The van der Waals surface area contributed by atoms with Gasteiger partial charge < -0.3 is 9.64 Å². The molecule has 8 heteroatoms. The highest BCUT2D eigenvalue weighted by Crippen LogP contribution is 2.31. The van der Waals surface area contributed by atoms with Crippen molar-refractivity contribution < 1.29 is 18.8 Å². The van der Waals surface area contributed by atoms with E-state index in [-0.39, 0.29) is 0 Å². The lowest BCUT2D eigenvalue weighted by molar-refractivity contribution is -0.386. The van der Waals surface area contributed by atoms with Crippen molar-refractivity contribution in [2.45, 2.75) is 0 Å². The quantitative estimate of drug-likeness (QED) is 0.338. The first-order valence-electron chi connectivity index (χ1n) is 6.59. The van der Waals surface area contributed by atoms with Crippen LogP contribution >= 0.6 is 0 Å². The molecule has 1 aromatic rings. The number of nitro groups is 1. The van der Waals surface area contributed by atoms with Crippen LogP contribution in [0.1, 0.15) is 0 Å². The Labute approximate surface area is 121 Å². The highest BCUT2D eigenvalue weighted by atomic mass is 19.1. The zero-order valence-electron chi connectivity index (χ0n) is 11.4. The Kier molecular flexibility index (Phi) is 5.04. The lowest BCUT2D eigenvalue weighted by Crippen LogP contribution is -2.47. The number of nitro benzene ring substituents is 1. The molecule has 1 fully saturated rings. The number of carbonyl (C=O) groups excluding carboxylic acids is 1. The second-order valence-electron chi connectivity index (χ2n) is 4.66. The van der Waals surface area contributed by atoms with Crippen LogP contribution in [0.4, 0.5) is 15.8 Å². The largest absolute Gasteiger partial charge is 0.467 e. The van der Waals surface area contributed by atoms with E-state index in [2.05, 4.69) is 9.64 Å². The highest BCUT2D eigenvalue weighted by molar-refractivity contribution is 5.64. The molecule has 1 aliphatic heterocycles. The molecular weight excluding hydrogens is 281 g/mol. The Morgan fingerprint density at radius 1 is 1.33 bits per heavy atom. The summed E-state index contributed by atoms with van der Waals surface area (Å²) in [5.41, 5.74) is -0.168. The molecule has 0 aliphatic carbocycles. The van der Waals surface area contributed by atoms with Crippen molar-refractivity contribution in [2.24, 2.45) is 0 Å². The minimum absolute atomic E-state index is 0.309. The second-order valence-corrected chi connectivity index (χ2v) is 4.66. The predicted molar refractivity (Wildman–Crippen MR) is 73.7 cm³/mol. The van der Waals surface area contributed by atoms with E-state index in [1.54, 1.807) is 11.0 Å². The first-order chi connectivity index (χ1) is 10.1. The Balaban J connectivity index is 2.01. The van der Waals surface area contributed by atoms with E-state index < -0.39 is 16.4 Å². The normalized spacial score (nSPS) is 15.8. The van der Waals surface area contributed by atoms with E-state index in [4.69, 9.17) is 0 Å². The number of hydrogen-bond donors (Lipinski definition) is 0. The van der Waals surface area contributed by atoms with Gasteiger partial charge in [0.2, 0.25) is 5.82 Å².